The number of anilines is 1. The van der Waals surface area contributed by atoms with Gasteiger partial charge in [0.1, 0.15) is 0 Å². The molecule has 0 atom stereocenters. The van der Waals surface area contributed by atoms with Crippen molar-refractivity contribution in [3.8, 4) is 0 Å². The number of hydrogen-bond acceptors (Lipinski definition) is 3. The van der Waals surface area contributed by atoms with E-state index in [1.165, 1.54) is 12.1 Å². The normalized spacial score (nSPS) is 10.6. The zero-order valence-corrected chi connectivity index (χ0v) is 10.5. The first-order valence-corrected chi connectivity index (χ1v) is 6.02. The third-order valence-corrected chi connectivity index (χ3v) is 2.89. The van der Waals surface area contributed by atoms with E-state index in [9.17, 15) is 4.79 Å². The van der Waals surface area contributed by atoms with E-state index in [4.69, 9.17) is 16.0 Å². The molecule has 0 fully saturated rings. The average molecular weight is 273 g/mol. The molecule has 3 aromatic rings. The van der Waals surface area contributed by atoms with E-state index in [2.05, 4.69) is 10.3 Å². The zero-order valence-electron chi connectivity index (χ0n) is 9.76. The predicted octanol–water partition coefficient (Wildman–Crippen LogP) is 3.73. The van der Waals surface area contributed by atoms with Crippen molar-refractivity contribution in [3.63, 3.8) is 0 Å². The minimum atomic E-state index is -0.344. The van der Waals surface area contributed by atoms with Crippen molar-refractivity contribution < 1.29 is 9.21 Å². The Morgan fingerprint density at radius 3 is 2.84 bits per heavy atom. The number of nitrogens with zero attached hydrogens (tertiary/aromatic N) is 1. The highest BCUT2D eigenvalue weighted by atomic mass is 35.5. The maximum atomic E-state index is 12.0. The van der Waals surface area contributed by atoms with Gasteiger partial charge in [-0.25, -0.2) is 0 Å². The predicted molar refractivity (Wildman–Crippen MR) is 73.4 cm³/mol. The average Bonchev–Trinajstić information content (AvgIpc) is 2.86. The molecular weight excluding hydrogens is 264 g/mol. The molecule has 0 radical (unpaired) electrons. The summed E-state index contributed by atoms with van der Waals surface area (Å²) in [6.07, 6.45) is 1.71. The molecule has 0 saturated heterocycles. The summed E-state index contributed by atoms with van der Waals surface area (Å²) >= 11 is 5.65. The summed E-state index contributed by atoms with van der Waals surface area (Å²) in [6, 6.07) is 12.3. The number of halogens is 1. The smallest absolute Gasteiger partial charge is 0.291 e. The number of aromatic nitrogens is 1. The third-order valence-electron chi connectivity index (χ3n) is 2.69. The van der Waals surface area contributed by atoms with E-state index in [0.717, 1.165) is 10.9 Å². The van der Waals surface area contributed by atoms with Gasteiger partial charge in [0.2, 0.25) is 0 Å². The number of carbonyl (C=O) groups excluding carboxylic acids is 1. The fraction of sp³-hybridized carbons (Fsp3) is 0. The molecule has 4 nitrogen and oxygen atoms in total. The Morgan fingerprint density at radius 2 is 2.05 bits per heavy atom. The molecule has 0 saturated carbocycles. The maximum absolute atomic E-state index is 12.0. The Morgan fingerprint density at radius 1 is 1.16 bits per heavy atom. The van der Waals surface area contributed by atoms with Gasteiger partial charge in [-0.15, -0.1) is 0 Å². The molecule has 1 amide bonds. The lowest BCUT2D eigenvalue weighted by molar-refractivity contribution is 0.0997. The van der Waals surface area contributed by atoms with Crippen molar-refractivity contribution in [1.82, 2.24) is 4.98 Å². The summed E-state index contributed by atoms with van der Waals surface area (Å²) < 4.78 is 5.07. The molecule has 0 spiro atoms. The highest BCUT2D eigenvalue weighted by molar-refractivity contribution is 6.29. The van der Waals surface area contributed by atoms with E-state index in [0.29, 0.717) is 5.69 Å². The molecule has 2 aromatic heterocycles. The van der Waals surface area contributed by atoms with Crippen LogP contribution in [0.5, 0.6) is 0 Å². The number of amides is 1. The molecule has 0 unspecified atom stereocenters. The molecule has 5 heteroatoms. The summed E-state index contributed by atoms with van der Waals surface area (Å²) in [4.78, 5) is 16.2. The second-order valence-electron chi connectivity index (χ2n) is 3.93. The van der Waals surface area contributed by atoms with E-state index in [1.54, 1.807) is 6.20 Å². The molecule has 0 aliphatic rings. The van der Waals surface area contributed by atoms with Crippen molar-refractivity contribution in [3.05, 3.63) is 59.6 Å². The fourth-order valence-corrected chi connectivity index (χ4v) is 1.98. The van der Waals surface area contributed by atoms with Gasteiger partial charge >= 0.3 is 0 Å². The van der Waals surface area contributed by atoms with Crippen molar-refractivity contribution in [1.29, 1.82) is 0 Å². The minimum Gasteiger partial charge on any atom is -0.440 e. The summed E-state index contributed by atoms with van der Waals surface area (Å²) in [5.74, 6) is -0.172. The Bertz CT molecular complexity index is 747. The van der Waals surface area contributed by atoms with Crippen molar-refractivity contribution in [2.75, 3.05) is 5.32 Å². The largest absolute Gasteiger partial charge is 0.440 e. The SMILES string of the molecule is O=C(Nc1cccc2ncccc12)c1ccc(Cl)o1. The van der Waals surface area contributed by atoms with Gasteiger partial charge in [0.05, 0.1) is 11.2 Å². The van der Waals surface area contributed by atoms with Crippen molar-refractivity contribution in [2.45, 2.75) is 0 Å². The van der Waals surface area contributed by atoms with Gasteiger partial charge < -0.3 is 9.73 Å². The topological polar surface area (TPSA) is 55.1 Å². The number of furan rings is 1. The lowest BCUT2D eigenvalue weighted by Gasteiger charge is -2.06. The minimum absolute atomic E-state index is 0.172. The second kappa shape index (κ2) is 4.74. The van der Waals surface area contributed by atoms with Crippen LogP contribution in [0.3, 0.4) is 0 Å². The quantitative estimate of drug-likeness (QED) is 0.773. The number of carbonyl (C=O) groups is 1. The van der Waals surface area contributed by atoms with E-state index >= 15 is 0 Å². The first-order valence-electron chi connectivity index (χ1n) is 5.64. The van der Waals surface area contributed by atoms with Crippen LogP contribution in [0.25, 0.3) is 10.9 Å². The molecule has 1 N–H and O–H groups in total. The van der Waals surface area contributed by atoms with Crippen LogP contribution < -0.4 is 5.32 Å². The molecular formula is C14H9ClN2O2. The Kier molecular flexibility index (Phi) is 2.93. The number of nitrogens with one attached hydrogen (secondary N) is 1. The van der Waals surface area contributed by atoms with Gasteiger partial charge in [0, 0.05) is 11.6 Å². The number of rotatable bonds is 2. The molecule has 0 aliphatic carbocycles. The molecule has 2 heterocycles. The Hall–Kier alpha value is -2.33. The summed E-state index contributed by atoms with van der Waals surface area (Å²) in [7, 11) is 0. The Balaban J connectivity index is 1.95. The maximum Gasteiger partial charge on any atom is 0.291 e. The van der Waals surface area contributed by atoms with E-state index < -0.39 is 0 Å². The van der Waals surface area contributed by atoms with E-state index in [-0.39, 0.29) is 16.9 Å². The molecule has 0 bridgehead atoms. The summed E-state index contributed by atoms with van der Waals surface area (Å²) in [5.41, 5.74) is 1.50. The third kappa shape index (κ3) is 2.30. The van der Waals surface area contributed by atoms with Crippen LogP contribution in [0.15, 0.2) is 53.1 Å². The second-order valence-corrected chi connectivity index (χ2v) is 4.31. The zero-order chi connectivity index (χ0) is 13.2. The standard InChI is InChI=1S/C14H9ClN2O2/c15-13-7-6-12(19-13)14(18)17-11-5-1-4-10-9(11)3-2-8-16-10/h1-8H,(H,17,18). The van der Waals surface area contributed by atoms with E-state index in [1.807, 2.05) is 30.3 Å². The first kappa shape index (κ1) is 11.7. The van der Waals surface area contributed by atoms with Gasteiger partial charge in [-0.3, -0.25) is 9.78 Å². The lowest BCUT2D eigenvalue weighted by atomic mass is 10.2. The van der Waals surface area contributed by atoms with Crippen LogP contribution in [0.2, 0.25) is 5.22 Å². The van der Waals surface area contributed by atoms with Gasteiger partial charge in [0.15, 0.2) is 11.0 Å². The molecule has 19 heavy (non-hydrogen) atoms. The van der Waals surface area contributed by atoms with Gasteiger partial charge in [-0.1, -0.05) is 6.07 Å². The number of hydrogen-bond donors (Lipinski definition) is 1. The van der Waals surface area contributed by atoms with Gasteiger partial charge in [-0.05, 0) is 48.0 Å². The van der Waals surface area contributed by atoms with Crippen LogP contribution in [0.4, 0.5) is 5.69 Å². The monoisotopic (exact) mass is 272 g/mol. The van der Waals surface area contributed by atoms with Crippen LogP contribution in [0.1, 0.15) is 10.6 Å². The number of pyridine rings is 1. The van der Waals surface area contributed by atoms with Crippen molar-refractivity contribution >= 4 is 34.1 Å². The van der Waals surface area contributed by atoms with Gasteiger partial charge in [-0.2, -0.15) is 0 Å². The van der Waals surface area contributed by atoms with Crippen LogP contribution in [0, 0.1) is 0 Å². The molecule has 3 rings (SSSR count). The van der Waals surface area contributed by atoms with Crippen LogP contribution in [-0.4, -0.2) is 10.9 Å². The fourth-order valence-electron chi connectivity index (χ4n) is 1.83. The highest BCUT2D eigenvalue weighted by Crippen LogP contribution is 2.22. The summed E-state index contributed by atoms with van der Waals surface area (Å²) in [5, 5.41) is 3.84. The van der Waals surface area contributed by atoms with Gasteiger partial charge in [0.25, 0.3) is 5.91 Å². The van der Waals surface area contributed by atoms with Crippen molar-refractivity contribution in [2.24, 2.45) is 0 Å². The molecule has 0 aliphatic heterocycles. The Labute approximate surface area is 114 Å². The van der Waals surface area contributed by atoms with Crippen LogP contribution >= 0.6 is 11.6 Å². The lowest BCUT2D eigenvalue weighted by Crippen LogP contribution is -2.11. The van der Waals surface area contributed by atoms with Crippen LogP contribution in [-0.2, 0) is 0 Å². The molecule has 94 valence electrons. The molecule has 1 aromatic carbocycles. The number of fused-ring (bicyclic) bond motifs is 1. The highest BCUT2D eigenvalue weighted by Gasteiger charge is 2.12. The number of benzene rings is 1. The first-order chi connectivity index (χ1) is 9.24. The summed E-state index contributed by atoms with van der Waals surface area (Å²) in [6.45, 7) is 0.